The van der Waals surface area contributed by atoms with Gasteiger partial charge in [0.15, 0.2) is 0 Å². The molecule has 2 aromatic rings. The van der Waals surface area contributed by atoms with Crippen molar-refractivity contribution < 1.29 is 9.47 Å². The van der Waals surface area contributed by atoms with Gasteiger partial charge >= 0.3 is 0 Å². The third-order valence-corrected chi connectivity index (χ3v) is 3.68. The summed E-state index contributed by atoms with van der Waals surface area (Å²) in [7, 11) is 0. The topological polar surface area (TPSA) is 81.2 Å². The van der Waals surface area contributed by atoms with E-state index in [0.29, 0.717) is 30.3 Å². The van der Waals surface area contributed by atoms with Crippen molar-refractivity contribution in [1.29, 1.82) is 5.26 Å². The summed E-state index contributed by atoms with van der Waals surface area (Å²) in [4.78, 5) is 3.98. The van der Waals surface area contributed by atoms with Gasteiger partial charge in [0, 0.05) is 19.0 Å². The number of aromatic nitrogens is 1. The first kappa shape index (κ1) is 14.4. The highest BCUT2D eigenvalue weighted by molar-refractivity contribution is 5.68. The average Bonchev–Trinajstić information content (AvgIpc) is 2.56. The van der Waals surface area contributed by atoms with Gasteiger partial charge in [-0.3, -0.25) is 0 Å². The highest BCUT2D eigenvalue weighted by atomic mass is 16.5. The number of benzene rings is 1. The van der Waals surface area contributed by atoms with Gasteiger partial charge < -0.3 is 15.2 Å². The molecule has 0 saturated carbocycles. The molecule has 0 aliphatic carbocycles. The lowest BCUT2D eigenvalue weighted by Crippen LogP contribution is -2.26. The Bertz CT molecular complexity index is 703. The van der Waals surface area contributed by atoms with Crippen molar-refractivity contribution >= 4 is 5.82 Å². The van der Waals surface area contributed by atoms with E-state index in [1.54, 1.807) is 12.3 Å². The average molecular weight is 295 g/mol. The van der Waals surface area contributed by atoms with Gasteiger partial charge in [0.1, 0.15) is 23.7 Å². The van der Waals surface area contributed by atoms with Crippen LogP contribution in [0.25, 0.3) is 11.1 Å². The normalized spacial score (nSPS) is 15.2. The second-order valence-electron chi connectivity index (χ2n) is 5.22. The molecule has 0 unspecified atom stereocenters. The number of anilines is 1. The fourth-order valence-corrected chi connectivity index (χ4v) is 2.50. The quantitative estimate of drug-likeness (QED) is 0.941. The summed E-state index contributed by atoms with van der Waals surface area (Å²) in [6.07, 6.45) is 3.48. The van der Waals surface area contributed by atoms with Gasteiger partial charge in [0.2, 0.25) is 0 Å². The lowest BCUT2D eigenvalue weighted by Gasteiger charge is -2.23. The summed E-state index contributed by atoms with van der Waals surface area (Å²) in [5.74, 6) is 1.08. The Morgan fingerprint density at radius 1 is 1.18 bits per heavy atom. The van der Waals surface area contributed by atoms with Crippen LogP contribution in [-0.2, 0) is 4.74 Å². The summed E-state index contributed by atoms with van der Waals surface area (Å²) in [6, 6.07) is 11.5. The molecule has 0 spiro atoms. The third-order valence-electron chi connectivity index (χ3n) is 3.68. The molecule has 0 radical (unpaired) electrons. The van der Waals surface area contributed by atoms with Gasteiger partial charge in [0.25, 0.3) is 0 Å². The van der Waals surface area contributed by atoms with E-state index in [9.17, 15) is 5.26 Å². The summed E-state index contributed by atoms with van der Waals surface area (Å²) < 4.78 is 11.3. The molecule has 1 fully saturated rings. The predicted octanol–water partition coefficient (Wildman–Crippen LogP) is 2.76. The third kappa shape index (κ3) is 3.18. The van der Waals surface area contributed by atoms with E-state index in [-0.39, 0.29) is 6.10 Å². The van der Waals surface area contributed by atoms with Crippen molar-refractivity contribution in [3.05, 3.63) is 42.1 Å². The SMILES string of the molecule is N#Cc1cc(-c2ccnc(N)c2)ccc1OC1CCOCC1. The van der Waals surface area contributed by atoms with E-state index >= 15 is 0 Å². The molecule has 0 amide bonds. The molecule has 1 aromatic heterocycles. The Morgan fingerprint density at radius 2 is 1.95 bits per heavy atom. The molecule has 0 bridgehead atoms. The zero-order chi connectivity index (χ0) is 15.4. The maximum atomic E-state index is 9.38. The molecule has 112 valence electrons. The van der Waals surface area contributed by atoms with Crippen LogP contribution < -0.4 is 10.5 Å². The first-order valence-corrected chi connectivity index (χ1v) is 7.27. The fourth-order valence-electron chi connectivity index (χ4n) is 2.50. The Labute approximate surface area is 129 Å². The number of hydrogen-bond donors (Lipinski definition) is 1. The number of nitrogens with two attached hydrogens (primary N) is 1. The Kier molecular flexibility index (Phi) is 4.22. The molecule has 0 atom stereocenters. The van der Waals surface area contributed by atoms with Gasteiger partial charge in [-0.15, -0.1) is 0 Å². The summed E-state index contributed by atoms with van der Waals surface area (Å²) >= 11 is 0. The van der Waals surface area contributed by atoms with Crippen LogP contribution in [0.15, 0.2) is 36.5 Å². The van der Waals surface area contributed by atoms with E-state index in [4.69, 9.17) is 15.2 Å². The second kappa shape index (κ2) is 6.46. The lowest BCUT2D eigenvalue weighted by molar-refractivity contribution is 0.0254. The van der Waals surface area contributed by atoms with Crippen LogP contribution in [0.4, 0.5) is 5.82 Å². The summed E-state index contributed by atoms with van der Waals surface area (Å²) in [6.45, 7) is 1.42. The van der Waals surface area contributed by atoms with Gasteiger partial charge in [-0.2, -0.15) is 5.26 Å². The predicted molar refractivity (Wildman–Crippen MR) is 83.3 cm³/mol. The van der Waals surface area contributed by atoms with Crippen LogP contribution in [0.5, 0.6) is 5.75 Å². The number of nitrogen functional groups attached to an aromatic ring is 1. The molecule has 1 aromatic carbocycles. The molecule has 1 aliphatic heterocycles. The van der Waals surface area contributed by atoms with Crippen LogP contribution in [0.1, 0.15) is 18.4 Å². The highest BCUT2D eigenvalue weighted by Gasteiger charge is 2.17. The lowest BCUT2D eigenvalue weighted by atomic mass is 10.0. The van der Waals surface area contributed by atoms with Gasteiger partial charge in [-0.1, -0.05) is 6.07 Å². The highest BCUT2D eigenvalue weighted by Crippen LogP contribution is 2.28. The maximum Gasteiger partial charge on any atom is 0.137 e. The van der Waals surface area contributed by atoms with Crippen LogP contribution in [-0.4, -0.2) is 24.3 Å². The largest absolute Gasteiger partial charge is 0.489 e. The Morgan fingerprint density at radius 3 is 2.68 bits per heavy atom. The molecule has 2 N–H and O–H groups in total. The minimum atomic E-state index is 0.114. The zero-order valence-electron chi connectivity index (χ0n) is 12.2. The fraction of sp³-hybridized carbons (Fsp3) is 0.294. The zero-order valence-corrected chi connectivity index (χ0v) is 12.2. The minimum Gasteiger partial charge on any atom is -0.489 e. The van der Waals surface area contributed by atoms with Crippen molar-refractivity contribution in [2.75, 3.05) is 18.9 Å². The van der Waals surface area contributed by atoms with E-state index in [1.165, 1.54) is 0 Å². The van der Waals surface area contributed by atoms with Crippen molar-refractivity contribution in [2.24, 2.45) is 0 Å². The number of ether oxygens (including phenoxy) is 2. The van der Waals surface area contributed by atoms with Gasteiger partial charge in [-0.25, -0.2) is 4.98 Å². The van der Waals surface area contributed by atoms with Gasteiger partial charge in [-0.05, 0) is 35.4 Å². The number of hydrogen-bond acceptors (Lipinski definition) is 5. The smallest absolute Gasteiger partial charge is 0.137 e. The molecule has 3 rings (SSSR count). The van der Waals surface area contributed by atoms with Crippen molar-refractivity contribution in [3.63, 3.8) is 0 Å². The molecule has 1 saturated heterocycles. The molecular formula is C17H17N3O2. The molecule has 1 aliphatic rings. The Hall–Kier alpha value is -2.58. The van der Waals surface area contributed by atoms with Crippen LogP contribution in [0.3, 0.4) is 0 Å². The van der Waals surface area contributed by atoms with E-state index in [1.807, 2.05) is 24.3 Å². The van der Waals surface area contributed by atoms with E-state index < -0.39 is 0 Å². The first-order chi connectivity index (χ1) is 10.8. The summed E-state index contributed by atoms with van der Waals surface area (Å²) in [5, 5.41) is 9.38. The van der Waals surface area contributed by atoms with Crippen molar-refractivity contribution in [1.82, 2.24) is 4.98 Å². The van der Waals surface area contributed by atoms with Crippen molar-refractivity contribution in [3.8, 4) is 22.9 Å². The van der Waals surface area contributed by atoms with Gasteiger partial charge in [0.05, 0.1) is 18.8 Å². The number of pyridine rings is 1. The monoisotopic (exact) mass is 295 g/mol. The van der Waals surface area contributed by atoms with E-state index in [2.05, 4.69) is 11.1 Å². The van der Waals surface area contributed by atoms with Crippen LogP contribution >= 0.6 is 0 Å². The number of rotatable bonds is 3. The standard InChI is InChI=1S/C17H17N3O2/c18-11-14-9-12(13-3-6-20-17(19)10-13)1-2-16(14)22-15-4-7-21-8-5-15/h1-3,6,9-10,15H,4-5,7-8H2,(H2,19,20). The Balaban J connectivity index is 1.86. The van der Waals surface area contributed by atoms with Crippen molar-refractivity contribution in [2.45, 2.75) is 18.9 Å². The molecule has 5 nitrogen and oxygen atoms in total. The molecule has 2 heterocycles. The van der Waals surface area contributed by atoms with Crippen LogP contribution in [0, 0.1) is 11.3 Å². The molecule has 22 heavy (non-hydrogen) atoms. The minimum absolute atomic E-state index is 0.114. The molecule has 5 heteroatoms. The van der Waals surface area contributed by atoms with E-state index in [0.717, 1.165) is 24.0 Å². The number of nitrogens with zero attached hydrogens (tertiary/aromatic N) is 2. The number of nitriles is 1. The second-order valence-corrected chi connectivity index (χ2v) is 5.22. The summed E-state index contributed by atoms with van der Waals surface area (Å²) in [5.41, 5.74) is 8.09. The first-order valence-electron chi connectivity index (χ1n) is 7.27. The maximum absolute atomic E-state index is 9.38. The van der Waals surface area contributed by atoms with Crippen LogP contribution in [0.2, 0.25) is 0 Å². The molecular weight excluding hydrogens is 278 g/mol.